The molecule has 2 unspecified atom stereocenters. The summed E-state index contributed by atoms with van der Waals surface area (Å²) in [7, 11) is 0. The highest BCUT2D eigenvalue weighted by atomic mass is 16.5. The van der Waals surface area contributed by atoms with Crippen LogP contribution in [-0.4, -0.2) is 25.2 Å². The Labute approximate surface area is 114 Å². The molecule has 0 radical (unpaired) electrons. The maximum absolute atomic E-state index is 11.8. The molecule has 1 amide bonds. The highest BCUT2D eigenvalue weighted by Crippen LogP contribution is 2.27. The molecule has 0 aromatic heterocycles. The van der Waals surface area contributed by atoms with Crippen molar-refractivity contribution in [2.24, 2.45) is 11.7 Å². The number of rotatable bonds is 5. The second-order valence-electron chi connectivity index (χ2n) is 5.14. The van der Waals surface area contributed by atoms with E-state index in [9.17, 15) is 4.79 Å². The molecule has 4 nitrogen and oxygen atoms in total. The fraction of sp³-hybridized carbons (Fsp3) is 0.533. The number of carbonyl (C=O) groups is 1. The standard InChI is InChI=1S/C15H22N2O2/c1-11-5-2-3-7-13(11)17-15(18)10-19-14-8-4-6-12(14)9-16/h2-3,5,7,12,14H,4,6,8-10,16H2,1H3,(H,17,18). The van der Waals surface area contributed by atoms with Crippen molar-refractivity contribution in [3.05, 3.63) is 29.8 Å². The molecule has 1 aromatic carbocycles. The average molecular weight is 262 g/mol. The van der Waals surface area contributed by atoms with E-state index in [0.29, 0.717) is 12.5 Å². The quantitative estimate of drug-likeness (QED) is 0.854. The number of nitrogens with one attached hydrogen (secondary N) is 1. The second-order valence-corrected chi connectivity index (χ2v) is 5.14. The fourth-order valence-corrected chi connectivity index (χ4v) is 2.57. The molecule has 3 N–H and O–H groups in total. The molecule has 19 heavy (non-hydrogen) atoms. The van der Waals surface area contributed by atoms with Crippen LogP contribution in [0.25, 0.3) is 0 Å². The van der Waals surface area contributed by atoms with Gasteiger partial charge in [-0.2, -0.15) is 0 Å². The van der Waals surface area contributed by atoms with Crippen LogP contribution in [0.4, 0.5) is 5.69 Å². The Morgan fingerprint density at radius 3 is 2.95 bits per heavy atom. The SMILES string of the molecule is Cc1ccccc1NC(=O)COC1CCCC1CN. The first-order valence-corrected chi connectivity index (χ1v) is 6.88. The van der Waals surface area contributed by atoms with Crippen LogP contribution in [-0.2, 0) is 9.53 Å². The second kappa shape index (κ2) is 6.68. The molecule has 1 saturated carbocycles. The topological polar surface area (TPSA) is 64.3 Å². The van der Waals surface area contributed by atoms with Crippen LogP contribution in [0.3, 0.4) is 0 Å². The summed E-state index contributed by atoms with van der Waals surface area (Å²) >= 11 is 0. The van der Waals surface area contributed by atoms with E-state index in [2.05, 4.69) is 5.32 Å². The minimum atomic E-state index is -0.100. The van der Waals surface area contributed by atoms with Crippen molar-refractivity contribution in [3.8, 4) is 0 Å². The van der Waals surface area contributed by atoms with Gasteiger partial charge in [0.1, 0.15) is 6.61 Å². The van der Waals surface area contributed by atoms with E-state index in [1.165, 1.54) is 0 Å². The minimum absolute atomic E-state index is 0.100. The lowest BCUT2D eigenvalue weighted by Crippen LogP contribution is -2.29. The minimum Gasteiger partial charge on any atom is -0.368 e. The first kappa shape index (κ1) is 14.0. The Balaban J connectivity index is 1.80. The Bertz CT molecular complexity index is 434. The first-order valence-electron chi connectivity index (χ1n) is 6.88. The van der Waals surface area contributed by atoms with Gasteiger partial charge >= 0.3 is 0 Å². The highest BCUT2D eigenvalue weighted by Gasteiger charge is 2.27. The monoisotopic (exact) mass is 262 g/mol. The lowest BCUT2D eigenvalue weighted by atomic mass is 10.1. The summed E-state index contributed by atoms with van der Waals surface area (Å²) in [5, 5.41) is 2.87. The van der Waals surface area contributed by atoms with Crippen LogP contribution in [0.15, 0.2) is 24.3 Å². The number of hydrogen-bond acceptors (Lipinski definition) is 3. The largest absolute Gasteiger partial charge is 0.368 e. The van der Waals surface area contributed by atoms with Gasteiger partial charge in [0, 0.05) is 5.69 Å². The number of benzene rings is 1. The van der Waals surface area contributed by atoms with Crippen molar-refractivity contribution in [2.75, 3.05) is 18.5 Å². The van der Waals surface area contributed by atoms with E-state index >= 15 is 0 Å². The van der Waals surface area contributed by atoms with E-state index < -0.39 is 0 Å². The summed E-state index contributed by atoms with van der Waals surface area (Å²) in [6, 6.07) is 7.72. The molecule has 1 fully saturated rings. The maximum atomic E-state index is 11.8. The fourth-order valence-electron chi connectivity index (χ4n) is 2.57. The van der Waals surface area contributed by atoms with Gasteiger partial charge in [0.25, 0.3) is 0 Å². The van der Waals surface area contributed by atoms with Crippen molar-refractivity contribution >= 4 is 11.6 Å². The summed E-state index contributed by atoms with van der Waals surface area (Å²) in [6.07, 6.45) is 3.42. The zero-order chi connectivity index (χ0) is 13.7. The Morgan fingerprint density at radius 2 is 2.21 bits per heavy atom. The van der Waals surface area contributed by atoms with E-state index in [-0.39, 0.29) is 18.6 Å². The van der Waals surface area contributed by atoms with Gasteiger partial charge in [-0.1, -0.05) is 24.6 Å². The number of anilines is 1. The van der Waals surface area contributed by atoms with Gasteiger partial charge in [0.2, 0.25) is 5.91 Å². The van der Waals surface area contributed by atoms with Gasteiger partial charge in [-0.15, -0.1) is 0 Å². The molecule has 1 aromatic rings. The van der Waals surface area contributed by atoms with Crippen molar-refractivity contribution in [1.29, 1.82) is 0 Å². The number of para-hydroxylation sites is 1. The van der Waals surface area contributed by atoms with Crippen LogP contribution in [0.5, 0.6) is 0 Å². The molecule has 0 saturated heterocycles. The number of aryl methyl sites for hydroxylation is 1. The maximum Gasteiger partial charge on any atom is 0.250 e. The van der Waals surface area contributed by atoms with Crippen LogP contribution >= 0.6 is 0 Å². The molecule has 0 heterocycles. The lowest BCUT2D eigenvalue weighted by Gasteiger charge is -2.18. The number of carbonyl (C=O) groups excluding carboxylic acids is 1. The normalized spacial score (nSPS) is 22.4. The summed E-state index contributed by atoms with van der Waals surface area (Å²) in [6.45, 7) is 2.72. The van der Waals surface area contributed by atoms with E-state index in [4.69, 9.17) is 10.5 Å². The van der Waals surface area contributed by atoms with Crippen molar-refractivity contribution in [1.82, 2.24) is 0 Å². The third-order valence-corrected chi connectivity index (χ3v) is 3.74. The molecule has 0 aliphatic heterocycles. The van der Waals surface area contributed by atoms with Gasteiger partial charge < -0.3 is 15.8 Å². The molecule has 2 atom stereocenters. The zero-order valence-electron chi connectivity index (χ0n) is 11.4. The molecule has 1 aliphatic carbocycles. The average Bonchev–Trinajstić information content (AvgIpc) is 2.86. The summed E-state index contributed by atoms with van der Waals surface area (Å²) < 4.78 is 5.69. The van der Waals surface area contributed by atoms with Crippen molar-refractivity contribution in [3.63, 3.8) is 0 Å². The first-order chi connectivity index (χ1) is 9.20. The van der Waals surface area contributed by atoms with Crippen LogP contribution in [0.1, 0.15) is 24.8 Å². The van der Waals surface area contributed by atoms with Gasteiger partial charge in [-0.05, 0) is 43.9 Å². The molecule has 2 rings (SSSR count). The van der Waals surface area contributed by atoms with Crippen LogP contribution in [0, 0.1) is 12.8 Å². The van der Waals surface area contributed by atoms with Gasteiger partial charge in [0.15, 0.2) is 0 Å². The molecular weight excluding hydrogens is 240 g/mol. The van der Waals surface area contributed by atoms with Gasteiger partial charge in [0.05, 0.1) is 6.10 Å². The number of amides is 1. The predicted octanol–water partition coefficient (Wildman–Crippen LogP) is 2.08. The van der Waals surface area contributed by atoms with Crippen LogP contribution in [0.2, 0.25) is 0 Å². The Morgan fingerprint density at radius 1 is 1.42 bits per heavy atom. The van der Waals surface area contributed by atoms with Crippen molar-refractivity contribution < 1.29 is 9.53 Å². The predicted molar refractivity (Wildman–Crippen MR) is 75.9 cm³/mol. The molecule has 104 valence electrons. The lowest BCUT2D eigenvalue weighted by molar-refractivity contribution is -0.123. The van der Waals surface area contributed by atoms with Crippen molar-refractivity contribution in [2.45, 2.75) is 32.3 Å². The number of nitrogens with two attached hydrogens (primary N) is 1. The van der Waals surface area contributed by atoms with E-state index in [1.54, 1.807) is 0 Å². The molecule has 0 bridgehead atoms. The number of ether oxygens (including phenoxy) is 1. The van der Waals surface area contributed by atoms with Gasteiger partial charge in [-0.3, -0.25) is 4.79 Å². The third-order valence-electron chi connectivity index (χ3n) is 3.74. The van der Waals surface area contributed by atoms with E-state index in [1.807, 2.05) is 31.2 Å². The third kappa shape index (κ3) is 3.78. The Hall–Kier alpha value is -1.39. The zero-order valence-corrected chi connectivity index (χ0v) is 11.4. The molecule has 0 spiro atoms. The summed E-state index contributed by atoms with van der Waals surface area (Å²) in [4.78, 5) is 11.8. The number of hydrogen-bond donors (Lipinski definition) is 2. The summed E-state index contributed by atoms with van der Waals surface area (Å²) in [5.41, 5.74) is 7.59. The highest BCUT2D eigenvalue weighted by molar-refractivity contribution is 5.92. The molecule has 4 heteroatoms. The molecule has 1 aliphatic rings. The van der Waals surface area contributed by atoms with Crippen LogP contribution < -0.4 is 11.1 Å². The smallest absolute Gasteiger partial charge is 0.250 e. The summed E-state index contributed by atoms with van der Waals surface area (Å²) in [5.74, 6) is 0.309. The van der Waals surface area contributed by atoms with Gasteiger partial charge in [-0.25, -0.2) is 0 Å². The Kier molecular flexibility index (Phi) is 4.93. The molecular formula is C15H22N2O2. The van der Waals surface area contributed by atoms with E-state index in [0.717, 1.165) is 30.5 Å².